The second-order valence-corrected chi connectivity index (χ2v) is 4.51. The van der Waals surface area contributed by atoms with E-state index < -0.39 is 0 Å². The number of hydrogen-bond donors (Lipinski definition) is 1. The predicted octanol–water partition coefficient (Wildman–Crippen LogP) is 1.99. The molecule has 1 fully saturated rings. The highest BCUT2D eigenvalue weighted by molar-refractivity contribution is 5.14. The van der Waals surface area contributed by atoms with E-state index in [2.05, 4.69) is 24.3 Å². The standard InChI is InChI=1S/C14H20O3/c15-10-13-9-14(17-11-13)16-8-4-7-12-5-2-1-3-6-12/h1-3,5-6,13-15H,4,7-11H2. The summed E-state index contributed by atoms with van der Waals surface area (Å²) in [7, 11) is 0. The Bertz CT molecular complexity index is 313. The number of benzene rings is 1. The van der Waals surface area contributed by atoms with E-state index in [9.17, 15) is 0 Å². The van der Waals surface area contributed by atoms with Gasteiger partial charge in [0.2, 0.25) is 0 Å². The molecule has 0 amide bonds. The van der Waals surface area contributed by atoms with Crippen LogP contribution in [-0.2, 0) is 15.9 Å². The smallest absolute Gasteiger partial charge is 0.158 e. The number of aryl methyl sites for hydroxylation is 1. The van der Waals surface area contributed by atoms with Gasteiger partial charge in [0.25, 0.3) is 0 Å². The van der Waals surface area contributed by atoms with Crippen molar-refractivity contribution in [3.63, 3.8) is 0 Å². The number of rotatable bonds is 6. The van der Waals surface area contributed by atoms with E-state index in [1.807, 2.05) is 6.07 Å². The van der Waals surface area contributed by atoms with Gasteiger partial charge in [-0.15, -0.1) is 0 Å². The summed E-state index contributed by atoms with van der Waals surface area (Å²) in [4.78, 5) is 0. The summed E-state index contributed by atoms with van der Waals surface area (Å²) in [6.07, 6.45) is 2.76. The fourth-order valence-corrected chi connectivity index (χ4v) is 2.03. The van der Waals surface area contributed by atoms with Crippen LogP contribution in [0.3, 0.4) is 0 Å². The molecule has 0 aromatic heterocycles. The molecule has 2 rings (SSSR count). The SMILES string of the molecule is OCC1COC(OCCCc2ccccc2)C1. The van der Waals surface area contributed by atoms with E-state index in [4.69, 9.17) is 14.6 Å². The molecular weight excluding hydrogens is 216 g/mol. The third kappa shape index (κ3) is 4.11. The molecule has 94 valence electrons. The molecule has 3 nitrogen and oxygen atoms in total. The zero-order valence-corrected chi connectivity index (χ0v) is 10.0. The van der Waals surface area contributed by atoms with E-state index >= 15 is 0 Å². The topological polar surface area (TPSA) is 38.7 Å². The molecule has 17 heavy (non-hydrogen) atoms. The molecule has 1 N–H and O–H groups in total. The van der Waals surface area contributed by atoms with Crippen molar-refractivity contribution in [2.75, 3.05) is 19.8 Å². The molecule has 1 aromatic rings. The van der Waals surface area contributed by atoms with Crippen LogP contribution in [0.2, 0.25) is 0 Å². The molecule has 0 aliphatic carbocycles. The van der Waals surface area contributed by atoms with Crippen molar-refractivity contribution in [3.8, 4) is 0 Å². The summed E-state index contributed by atoms with van der Waals surface area (Å²) in [5.41, 5.74) is 1.34. The van der Waals surface area contributed by atoms with E-state index in [0.717, 1.165) is 25.9 Å². The van der Waals surface area contributed by atoms with Gasteiger partial charge < -0.3 is 14.6 Å². The van der Waals surface area contributed by atoms with Gasteiger partial charge in [0.15, 0.2) is 6.29 Å². The van der Waals surface area contributed by atoms with Crippen molar-refractivity contribution < 1.29 is 14.6 Å². The maximum Gasteiger partial charge on any atom is 0.158 e. The van der Waals surface area contributed by atoms with Crippen LogP contribution >= 0.6 is 0 Å². The lowest BCUT2D eigenvalue weighted by Gasteiger charge is -2.10. The highest BCUT2D eigenvalue weighted by Crippen LogP contribution is 2.20. The lowest BCUT2D eigenvalue weighted by Crippen LogP contribution is -2.12. The second-order valence-electron chi connectivity index (χ2n) is 4.51. The van der Waals surface area contributed by atoms with Crippen LogP contribution in [0.15, 0.2) is 30.3 Å². The lowest BCUT2D eigenvalue weighted by atomic mass is 10.1. The Balaban J connectivity index is 1.58. The van der Waals surface area contributed by atoms with E-state index in [1.165, 1.54) is 5.56 Å². The molecule has 0 bridgehead atoms. The molecule has 2 unspecified atom stereocenters. The Morgan fingerprint density at radius 1 is 1.29 bits per heavy atom. The summed E-state index contributed by atoms with van der Waals surface area (Å²) in [5, 5.41) is 8.97. The third-order valence-corrected chi connectivity index (χ3v) is 3.06. The van der Waals surface area contributed by atoms with Crippen LogP contribution in [0.1, 0.15) is 18.4 Å². The Labute approximate surface area is 102 Å². The molecule has 1 aliphatic rings. The van der Waals surface area contributed by atoms with Gasteiger partial charge in [-0.25, -0.2) is 0 Å². The highest BCUT2D eigenvalue weighted by atomic mass is 16.7. The third-order valence-electron chi connectivity index (χ3n) is 3.06. The van der Waals surface area contributed by atoms with E-state index in [0.29, 0.717) is 6.61 Å². The molecule has 0 radical (unpaired) electrons. The van der Waals surface area contributed by atoms with Gasteiger partial charge in [0, 0.05) is 18.9 Å². The van der Waals surface area contributed by atoms with Gasteiger partial charge >= 0.3 is 0 Å². The van der Waals surface area contributed by atoms with Crippen LogP contribution in [0.25, 0.3) is 0 Å². The summed E-state index contributed by atoms with van der Waals surface area (Å²) in [6.45, 7) is 1.54. The summed E-state index contributed by atoms with van der Waals surface area (Å²) in [5.74, 6) is 0.258. The van der Waals surface area contributed by atoms with Gasteiger partial charge in [-0.3, -0.25) is 0 Å². The quantitative estimate of drug-likeness (QED) is 0.768. The largest absolute Gasteiger partial charge is 0.396 e. The molecule has 1 aliphatic heterocycles. The first-order valence-electron chi connectivity index (χ1n) is 6.26. The Morgan fingerprint density at radius 3 is 2.82 bits per heavy atom. The first-order valence-corrected chi connectivity index (χ1v) is 6.26. The van der Waals surface area contributed by atoms with Gasteiger partial charge in [0.05, 0.1) is 13.2 Å². The van der Waals surface area contributed by atoms with Crippen LogP contribution in [0, 0.1) is 5.92 Å². The van der Waals surface area contributed by atoms with Crippen molar-refractivity contribution in [1.29, 1.82) is 0 Å². The summed E-state index contributed by atoms with van der Waals surface area (Å²) < 4.78 is 11.0. The van der Waals surface area contributed by atoms with Crippen molar-refractivity contribution in [1.82, 2.24) is 0 Å². The van der Waals surface area contributed by atoms with Gasteiger partial charge in [-0.2, -0.15) is 0 Å². The maximum atomic E-state index is 8.97. The molecule has 1 aromatic carbocycles. The normalized spacial score (nSPS) is 24.1. The van der Waals surface area contributed by atoms with Gasteiger partial charge in [0.1, 0.15) is 0 Å². The van der Waals surface area contributed by atoms with Crippen molar-refractivity contribution in [2.45, 2.75) is 25.6 Å². The van der Waals surface area contributed by atoms with Crippen molar-refractivity contribution in [3.05, 3.63) is 35.9 Å². The molecular formula is C14H20O3. The van der Waals surface area contributed by atoms with Crippen LogP contribution in [-0.4, -0.2) is 31.2 Å². The van der Waals surface area contributed by atoms with Gasteiger partial charge in [-0.1, -0.05) is 30.3 Å². The van der Waals surface area contributed by atoms with Crippen molar-refractivity contribution >= 4 is 0 Å². The zero-order chi connectivity index (χ0) is 11.9. The first-order chi connectivity index (χ1) is 8.38. The van der Waals surface area contributed by atoms with Crippen molar-refractivity contribution in [2.24, 2.45) is 5.92 Å². The molecule has 3 heteroatoms. The van der Waals surface area contributed by atoms with Gasteiger partial charge in [-0.05, 0) is 18.4 Å². The average Bonchev–Trinajstić information content (AvgIpc) is 2.84. The molecule has 2 atom stereocenters. The number of aliphatic hydroxyl groups is 1. The van der Waals surface area contributed by atoms with Crippen LogP contribution < -0.4 is 0 Å². The first kappa shape index (κ1) is 12.6. The Morgan fingerprint density at radius 2 is 2.12 bits per heavy atom. The lowest BCUT2D eigenvalue weighted by molar-refractivity contribution is -0.111. The minimum Gasteiger partial charge on any atom is -0.396 e. The fraction of sp³-hybridized carbons (Fsp3) is 0.571. The predicted molar refractivity (Wildman–Crippen MR) is 65.6 cm³/mol. The van der Waals surface area contributed by atoms with Crippen LogP contribution in [0.5, 0.6) is 0 Å². The second kappa shape index (κ2) is 6.74. The fourth-order valence-electron chi connectivity index (χ4n) is 2.03. The number of hydrogen-bond acceptors (Lipinski definition) is 3. The minimum absolute atomic E-state index is 0.108. The molecule has 0 saturated carbocycles. The zero-order valence-electron chi connectivity index (χ0n) is 10.0. The molecule has 0 spiro atoms. The average molecular weight is 236 g/mol. The Kier molecular flexibility index (Phi) is 4.98. The maximum absolute atomic E-state index is 8.97. The Hall–Kier alpha value is -0.900. The minimum atomic E-state index is -0.108. The van der Waals surface area contributed by atoms with E-state index in [-0.39, 0.29) is 18.8 Å². The highest BCUT2D eigenvalue weighted by Gasteiger charge is 2.24. The molecule has 1 heterocycles. The van der Waals surface area contributed by atoms with E-state index in [1.54, 1.807) is 0 Å². The van der Waals surface area contributed by atoms with Crippen LogP contribution in [0.4, 0.5) is 0 Å². The summed E-state index contributed by atoms with van der Waals surface area (Å²) >= 11 is 0. The monoisotopic (exact) mass is 236 g/mol. The molecule has 1 saturated heterocycles. The number of ether oxygens (including phenoxy) is 2. The number of aliphatic hydroxyl groups excluding tert-OH is 1. The summed E-state index contributed by atoms with van der Waals surface area (Å²) in [6, 6.07) is 10.4.